The van der Waals surface area contributed by atoms with Crippen molar-refractivity contribution in [1.82, 2.24) is 9.97 Å². The molecule has 3 N–H and O–H groups in total. The summed E-state index contributed by atoms with van der Waals surface area (Å²) in [5, 5.41) is 5.32. The Morgan fingerprint density at radius 1 is 1.13 bits per heavy atom. The summed E-state index contributed by atoms with van der Waals surface area (Å²) in [4.78, 5) is 32.9. The van der Waals surface area contributed by atoms with E-state index in [1.807, 2.05) is 6.92 Å². The number of anilines is 3. The zero-order chi connectivity index (χ0) is 22.0. The van der Waals surface area contributed by atoms with Crippen LogP contribution in [-0.2, 0) is 14.8 Å². The number of benzene rings is 2. The van der Waals surface area contributed by atoms with Gasteiger partial charge in [-0.25, -0.2) is 18.4 Å². The van der Waals surface area contributed by atoms with E-state index in [1.165, 1.54) is 54.6 Å². The normalized spacial score (nSPS) is 15.5. The van der Waals surface area contributed by atoms with Crippen LogP contribution in [0.5, 0.6) is 0 Å². The number of carbonyl (C=O) groups excluding carboxylic acids is 2. The molecule has 0 saturated carbocycles. The highest BCUT2D eigenvalue weighted by molar-refractivity contribution is 8.01. The number of hydrogen-bond acceptors (Lipinski definition) is 7. The minimum atomic E-state index is -3.83. The van der Waals surface area contributed by atoms with Gasteiger partial charge in [0, 0.05) is 22.3 Å². The molecule has 1 atom stereocenters. The lowest BCUT2D eigenvalue weighted by atomic mass is 10.1. The van der Waals surface area contributed by atoms with Crippen molar-refractivity contribution in [2.45, 2.75) is 22.0 Å². The molecule has 0 saturated heterocycles. The molecule has 0 aliphatic carbocycles. The van der Waals surface area contributed by atoms with Crippen LogP contribution in [-0.4, -0.2) is 35.5 Å². The summed E-state index contributed by atoms with van der Waals surface area (Å²) >= 11 is 1.43. The Hall–Kier alpha value is -3.44. The molecule has 2 heterocycles. The van der Waals surface area contributed by atoms with Crippen molar-refractivity contribution in [2.24, 2.45) is 0 Å². The van der Waals surface area contributed by atoms with E-state index in [9.17, 15) is 18.0 Å². The van der Waals surface area contributed by atoms with Gasteiger partial charge in [-0.15, -0.1) is 11.8 Å². The van der Waals surface area contributed by atoms with Crippen LogP contribution in [0.4, 0.5) is 17.2 Å². The van der Waals surface area contributed by atoms with E-state index in [2.05, 4.69) is 25.3 Å². The van der Waals surface area contributed by atoms with Crippen molar-refractivity contribution >= 4 is 50.8 Å². The Balaban J connectivity index is 1.46. The average Bonchev–Trinajstić information content (AvgIpc) is 2.75. The zero-order valence-corrected chi connectivity index (χ0v) is 17.8. The number of amides is 2. The van der Waals surface area contributed by atoms with Gasteiger partial charge in [-0.1, -0.05) is 0 Å². The van der Waals surface area contributed by atoms with E-state index in [1.54, 1.807) is 18.2 Å². The number of rotatable bonds is 5. The van der Waals surface area contributed by atoms with Gasteiger partial charge < -0.3 is 10.6 Å². The lowest BCUT2D eigenvalue weighted by molar-refractivity contribution is -0.115. The van der Waals surface area contributed by atoms with Gasteiger partial charge in [0.2, 0.25) is 5.91 Å². The molecule has 9 nitrogen and oxygen atoms in total. The maximum atomic E-state index is 12.6. The van der Waals surface area contributed by atoms with Gasteiger partial charge in [0.05, 0.1) is 15.8 Å². The van der Waals surface area contributed by atoms with Gasteiger partial charge in [-0.2, -0.15) is 0 Å². The van der Waals surface area contributed by atoms with Gasteiger partial charge in [0.25, 0.3) is 15.9 Å². The topological polar surface area (TPSA) is 130 Å². The molecule has 1 unspecified atom stereocenters. The van der Waals surface area contributed by atoms with Gasteiger partial charge in [0.15, 0.2) is 0 Å². The molecule has 31 heavy (non-hydrogen) atoms. The smallest absolute Gasteiger partial charge is 0.263 e. The van der Waals surface area contributed by atoms with Crippen molar-refractivity contribution < 1.29 is 18.0 Å². The third-order valence-electron chi connectivity index (χ3n) is 4.42. The SMILES string of the molecule is CC1Sc2ccc(C(=O)Nc3ccc(S(=O)(=O)Nc4ccncn4)cc3)cc2NC1=O. The van der Waals surface area contributed by atoms with Crippen molar-refractivity contribution in [3.63, 3.8) is 0 Å². The minimum absolute atomic E-state index is 0.0201. The number of sulfonamides is 1. The van der Waals surface area contributed by atoms with Gasteiger partial charge in [0.1, 0.15) is 12.1 Å². The fourth-order valence-electron chi connectivity index (χ4n) is 2.82. The summed E-state index contributed by atoms with van der Waals surface area (Å²) in [7, 11) is -3.83. The highest BCUT2D eigenvalue weighted by Gasteiger charge is 2.24. The number of thioether (sulfide) groups is 1. The van der Waals surface area contributed by atoms with Gasteiger partial charge in [-0.05, 0) is 55.5 Å². The first-order chi connectivity index (χ1) is 14.8. The van der Waals surface area contributed by atoms with Crippen LogP contribution in [0.2, 0.25) is 0 Å². The maximum Gasteiger partial charge on any atom is 0.263 e. The third kappa shape index (κ3) is 4.67. The summed E-state index contributed by atoms with van der Waals surface area (Å²) in [5.41, 5.74) is 1.39. The Bertz CT molecular complexity index is 1250. The maximum absolute atomic E-state index is 12.6. The highest BCUT2D eigenvalue weighted by Crippen LogP contribution is 2.36. The third-order valence-corrected chi connectivity index (χ3v) is 6.96. The summed E-state index contributed by atoms with van der Waals surface area (Å²) in [6.45, 7) is 1.82. The number of nitrogens with zero attached hydrogens (tertiary/aromatic N) is 2. The van der Waals surface area contributed by atoms with Crippen molar-refractivity contribution in [1.29, 1.82) is 0 Å². The van der Waals surface area contributed by atoms with E-state index in [-0.39, 0.29) is 27.8 Å². The molecule has 11 heteroatoms. The van der Waals surface area contributed by atoms with Crippen LogP contribution in [0.1, 0.15) is 17.3 Å². The number of nitrogens with one attached hydrogen (secondary N) is 3. The van der Waals surface area contributed by atoms with E-state index in [4.69, 9.17) is 0 Å². The molecule has 4 rings (SSSR count). The molecule has 0 spiro atoms. The van der Waals surface area contributed by atoms with Gasteiger partial charge >= 0.3 is 0 Å². The molecule has 2 amide bonds. The lowest BCUT2D eigenvalue weighted by Gasteiger charge is -2.21. The monoisotopic (exact) mass is 455 g/mol. The van der Waals surface area contributed by atoms with Crippen molar-refractivity contribution in [2.75, 3.05) is 15.4 Å². The fourth-order valence-corrected chi connectivity index (χ4v) is 4.76. The first-order valence-electron chi connectivity index (χ1n) is 9.14. The van der Waals surface area contributed by atoms with E-state index in [0.29, 0.717) is 16.9 Å². The molecule has 1 aliphatic rings. The summed E-state index contributed by atoms with van der Waals surface area (Å²) in [6.07, 6.45) is 2.66. The van der Waals surface area contributed by atoms with E-state index < -0.39 is 10.0 Å². The molecule has 3 aromatic rings. The molecule has 0 bridgehead atoms. The van der Waals surface area contributed by atoms with E-state index >= 15 is 0 Å². The quantitative estimate of drug-likeness (QED) is 0.539. The van der Waals surface area contributed by atoms with Crippen molar-refractivity contribution in [3.05, 3.63) is 66.6 Å². The van der Waals surface area contributed by atoms with Crippen LogP contribution in [0, 0.1) is 0 Å². The van der Waals surface area contributed by atoms with E-state index in [0.717, 1.165) is 4.90 Å². The minimum Gasteiger partial charge on any atom is -0.324 e. The predicted octanol–water partition coefficient (Wildman–Crippen LogP) is 2.96. The van der Waals surface area contributed by atoms with Crippen LogP contribution in [0.15, 0.2) is 70.8 Å². The number of hydrogen-bond donors (Lipinski definition) is 3. The number of aromatic nitrogens is 2. The molecule has 1 aromatic heterocycles. The van der Waals surface area contributed by atoms with Crippen molar-refractivity contribution in [3.8, 4) is 0 Å². The molecule has 0 fully saturated rings. The lowest BCUT2D eigenvalue weighted by Crippen LogP contribution is -2.26. The molecular weight excluding hydrogens is 438 g/mol. The first-order valence-corrected chi connectivity index (χ1v) is 11.5. The van der Waals surface area contributed by atoms with Crippen LogP contribution in [0.3, 0.4) is 0 Å². The summed E-state index contributed by atoms with van der Waals surface area (Å²) in [5.74, 6) is -0.336. The summed E-state index contributed by atoms with van der Waals surface area (Å²) in [6, 6.07) is 12.3. The Labute approximate surface area is 182 Å². The molecule has 1 aliphatic heterocycles. The molecule has 2 aromatic carbocycles. The predicted molar refractivity (Wildman–Crippen MR) is 118 cm³/mol. The van der Waals surface area contributed by atoms with Crippen LogP contribution in [0.25, 0.3) is 0 Å². The Morgan fingerprint density at radius 3 is 2.61 bits per heavy atom. The largest absolute Gasteiger partial charge is 0.324 e. The zero-order valence-electron chi connectivity index (χ0n) is 16.2. The first kappa shape index (κ1) is 20.8. The van der Waals surface area contributed by atoms with Crippen LogP contribution < -0.4 is 15.4 Å². The second-order valence-electron chi connectivity index (χ2n) is 6.64. The fraction of sp³-hybridized carbons (Fsp3) is 0.100. The summed E-state index contributed by atoms with van der Waals surface area (Å²) < 4.78 is 27.2. The Kier molecular flexibility index (Phi) is 5.61. The van der Waals surface area contributed by atoms with Gasteiger partial charge in [-0.3, -0.25) is 14.3 Å². The second kappa shape index (κ2) is 8.36. The molecule has 158 valence electrons. The number of fused-ring (bicyclic) bond motifs is 1. The highest BCUT2D eigenvalue weighted by atomic mass is 32.2. The molecular formula is C20H17N5O4S2. The average molecular weight is 456 g/mol. The Morgan fingerprint density at radius 2 is 1.90 bits per heavy atom. The second-order valence-corrected chi connectivity index (χ2v) is 9.70. The van der Waals surface area contributed by atoms with Crippen LogP contribution >= 0.6 is 11.8 Å². The number of carbonyl (C=O) groups is 2. The standard InChI is InChI=1S/C20H17N5O4S2/c1-12-19(26)24-16-10-13(2-7-17(16)30-12)20(27)23-14-3-5-15(6-4-14)31(28,29)25-18-8-9-21-11-22-18/h2-12H,1H3,(H,23,27)(H,24,26)(H,21,22,25). The molecule has 0 radical (unpaired) electrons.